The fourth-order valence-corrected chi connectivity index (χ4v) is 1.87. The predicted molar refractivity (Wildman–Crippen MR) is 82.1 cm³/mol. The normalized spacial score (nSPS) is 11.7. The Morgan fingerprint density at radius 2 is 2.05 bits per heavy atom. The molecule has 1 aromatic carbocycles. The molecule has 0 aliphatic carbocycles. The zero-order chi connectivity index (χ0) is 15.9. The van der Waals surface area contributed by atoms with Crippen LogP contribution in [0.15, 0.2) is 36.7 Å². The fraction of sp³-hybridized carbons (Fsp3) is 0.267. The Bertz CT molecular complexity index is 631. The van der Waals surface area contributed by atoms with Crippen molar-refractivity contribution in [2.75, 3.05) is 11.9 Å². The number of carboxylic acids is 1. The Morgan fingerprint density at radius 1 is 1.36 bits per heavy atom. The Hall–Kier alpha value is -2.67. The van der Waals surface area contributed by atoms with Gasteiger partial charge in [-0.1, -0.05) is 12.1 Å². The lowest BCUT2D eigenvalue weighted by atomic mass is 10.1. The quantitative estimate of drug-likeness (QED) is 0.718. The van der Waals surface area contributed by atoms with Crippen LogP contribution in [-0.4, -0.2) is 27.7 Å². The highest BCUT2D eigenvalue weighted by Crippen LogP contribution is 2.26. The molecule has 0 radical (unpaired) electrons. The molecule has 4 N–H and O–H groups in total. The maximum absolute atomic E-state index is 10.6. The minimum absolute atomic E-state index is 0.163. The molecule has 0 saturated carbocycles. The third-order valence-electron chi connectivity index (χ3n) is 2.93. The third-order valence-corrected chi connectivity index (χ3v) is 2.93. The van der Waals surface area contributed by atoms with E-state index in [2.05, 4.69) is 15.3 Å². The number of aliphatic carboxylic acids is 1. The summed E-state index contributed by atoms with van der Waals surface area (Å²) in [5, 5.41) is 11.8. The first-order chi connectivity index (χ1) is 10.6. The van der Waals surface area contributed by atoms with E-state index >= 15 is 0 Å². The average molecular weight is 302 g/mol. The zero-order valence-electron chi connectivity index (χ0n) is 12.2. The van der Waals surface area contributed by atoms with Crippen molar-refractivity contribution in [3.63, 3.8) is 0 Å². The summed E-state index contributed by atoms with van der Waals surface area (Å²) in [4.78, 5) is 18.9. The number of para-hydroxylation sites is 2. The second kappa shape index (κ2) is 7.37. The molecule has 1 heterocycles. The molecule has 2 rings (SSSR count). The van der Waals surface area contributed by atoms with Crippen LogP contribution in [0, 0.1) is 0 Å². The number of anilines is 2. The van der Waals surface area contributed by atoms with E-state index in [1.165, 1.54) is 12.4 Å². The highest BCUT2D eigenvalue weighted by molar-refractivity contribution is 5.68. The highest BCUT2D eigenvalue weighted by Gasteiger charge is 2.12. The van der Waals surface area contributed by atoms with Crippen LogP contribution in [0.5, 0.6) is 5.75 Å². The molecule has 0 aliphatic rings. The van der Waals surface area contributed by atoms with Crippen LogP contribution >= 0.6 is 0 Å². The predicted octanol–water partition coefficient (Wildman–Crippen LogP) is 2.09. The maximum atomic E-state index is 10.6. The van der Waals surface area contributed by atoms with Crippen LogP contribution in [0.2, 0.25) is 0 Å². The fourth-order valence-electron chi connectivity index (χ4n) is 1.87. The van der Waals surface area contributed by atoms with E-state index in [0.717, 1.165) is 5.69 Å². The molecule has 0 spiro atoms. The summed E-state index contributed by atoms with van der Waals surface area (Å²) < 4.78 is 5.51. The first-order valence-corrected chi connectivity index (χ1v) is 6.88. The monoisotopic (exact) mass is 302 g/mol. The maximum Gasteiger partial charge on any atom is 0.305 e. The van der Waals surface area contributed by atoms with Crippen molar-refractivity contribution >= 4 is 17.6 Å². The van der Waals surface area contributed by atoms with E-state index in [1.54, 1.807) is 0 Å². The number of nitrogens with one attached hydrogen (secondary N) is 1. The summed E-state index contributed by atoms with van der Waals surface area (Å²) in [6, 6.07) is 6.84. The SMILES string of the molecule is CCOc1ccccc1Nc1ncc([C@H](N)CC(=O)O)cn1. The molecule has 0 saturated heterocycles. The standard InChI is InChI=1S/C15H18N4O3/c1-2-22-13-6-4-3-5-12(13)19-15-17-8-10(9-18-15)11(16)7-14(20)21/h3-6,8-9,11H,2,7,16H2,1H3,(H,20,21)(H,17,18,19)/t11-/m1/s1. The molecule has 1 atom stereocenters. The van der Waals surface area contributed by atoms with E-state index in [9.17, 15) is 4.79 Å². The van der Waals surface area contributed by atoms with Gasteiger partial charge in [-0.15, -0.1) is 0 Å². The van der Waals surface area contributed by atoms with Gasteiger partial charge in [0.25, 0.3) is 0 Å². The molecule has 2 aromatic rings. The lowest BCUT2D eigenvalue weighted by molar-refractivity contribution is -0.137. The van der Waals surface area contributed by atoms with Crippen LogP contribution in [0.4, 0.5) is 11.6 Å². The Kier molecular flexibility index (Phi) is 5.26. The molecule has 116 valence electrons. The lowest BCUT2D eigenvalue weighted by Gasteiger charge is -2.12. The van der Waals surface area contributed by atoms with Crippen LogP contribution in [0.25, 0.3) is 0 Å². The number of nitrogens with zero attached hydrogens (tertiary/aromatic N) is 2. The van der Waals surface area contributed by atoms with Crippen molar-refractivity contribution in [1.82, 2.24) is 9.97 Å². The van der Waals surface area contributed by atoms with Crippen molar-refractivity contribution in [3.8, 4) is 5.75 Å². The van der Waals surface area contributed by atoms with Gasteiger partial charge in [-0.2, -0.15) is 0 Å². The van der Waals surface area contributed by atoms with Crippen molar-refractivity contribution in [2.24, 2.45) is 5.73 Å². The van der Waals surface area contributed by atoms with Crippen molar-refractivity contribution in [1.29, 1.82) is 0 Å². The second-order valence-corrected chi connectivity index (χ2v) is 4.60. The van der Waals surface area contributed by atoms with E-state index in [0.29, 0.717) is 23.9 Å². The Morgan fingerprint density at radius 3 is 2.68 bits per heavy atom. The number of nitrogens with two attached hydrogens (primary N) is 1. The van der Waals surface area contributed by atoms with Gasteiger partial charge in [0.1, 0.15) is 5.75 Å². The minimum Gasteiger partial charge on any atom is -0.492 e. The van der Waals surface area contributed by atoms with Gasteiger partial charge in [0.2, 0.25) is 5.95 Å². The van der Waals surface area contributed by atoms with Gasteiger partial charge < -0.3 is 20.9 Å². The molecule has 0 aliphatic heterocycles. The van der Waals surface area contributed by atoms with Gasteiger partial charge in [-0.3, -0.25) is 4.79 Å². The summed E-state index contributed by atoms with van der Waals surface area (Å²) in [5.41, 5.74) is 7.09. The number of aromatic nitrogens is 2. The van der Waals surface area contributed by atoms with Gasteiger partial charge in [0.05, 0.1) is 18.7 Å². The topological polar surface area (TPSA) is 110 Å². The van der Waals surface area contributed by atoms with Gasteiger partial charge in [-0.25, -0.2) is 9.97 Å². The smallest absolute Gasteiger partial charge is 0.305 e. The number of carbonyl (C=O) groups is 1. The van der Waals surface area contributed by atoms with E-state index in [-0.39, 0.29) is 6.42 Å². The Balaban J connectivity index is 2.10. The molecule has 22 heavy (non-hydrogen) atoms. The molecule has 0 fully saturated rings. The lowest BCUT2D eigenvalue weighted by Crippen LogP contribution is -2.15. The Labute approximate surface area is 128 Å². The summed E-state index contributed by atoms with van der Waals surface area (Å²) in [6.45, 7) is 2.47. The van der Waals surface area contributed by atoms with E-state index in [1.807, 2.05) is 31.2 Å². The van der Waals surface area contributed by atoms with Crippen LogP contribution in [-0.2, 0) is 4.79 Å². The van der Waals surface area contributed by atoms with Gasteiger partial charge in [-0.05, 0) is 19.1 Å². The number of hydrogen-bond acceptors (Lipinski definition) is 6. The molecule has 7 heteroatoms. The van der Waals surface area contributed by atoms with E-state index in [4.69, 9.17) is 15.6 Å². The van der Waals surface area contributed by atoms with Crippen LogP contribution < -0.4 is 15.8 Å². The van der Waals surface area contributed by atoms with Crippen molar-refractivity contribution in [2.45, 2.75) is 19.4 Å². The summed E-state index contributed by atoms with van der Waals surface area (Å²) in [7, 11) is 0. The molecule has 1 aromatic heterocycles. The highest BCUT2D eigenvalue weighted by atomic mass is 16.5. The summed E-state index contributed by atoms with van der Waals surface area (Å²) >= 11 is 0. The molecule has 0 amide bonds. The van der Waals surface area contributed by atoms with Crippen LogP contribution in [0.1, 0.15) is 24.9 Å². The number of benzene rings is 1. The third kappa shape index (κ3) is 4.16. The number of rotatable bonds is 7. The number of hydrogen-bond donors (Lipinski definition) is 3. The largest absolute Gasteiger partial charge is 0.492 e. The first kappa shape index (κ1) is 15.7. The van der Waals surface area contributed by atoms with E-state index < -0.39 is 12.0 Å². The van der Waals surface area contributed by atoms with Gasteiger partial charge in [0.15, 0.2) is 0 Å². The summed E-state index contributed by atoms with van der Waals surface area (Å²) in [5.74, 6) is 0.138. The molecule has 0 bridgehead atoms. The van der Waals surface area contributed by atoms with Gasteiger partial charge >= 0.3 is 5.97 Å². The zero-order valence-corrected chi connectivity index (χ0v) is 12.2. The average Bonchev–Trinajstić information content (AvgIpc) is 2.49. The van der Waals surface area contributed by atoms with Crippen molar-refractivity contribution < 1.29 is 14.6 Å². The number of carboxylic acid groups (broad SMARTS) is 1. The first-order valence-electron chi connectivity index (χ1n) is 6.88. The van der Waals surface area contributed by atoms with Crippen molar-refractivity contribution in [3.05, 3.63) is 42.2 Å². The second-order valence-electron chi connectivity index (χ2n) is 4.60. The molecule has 0 unspecified atom stereocenters. The summed E-state index contributed by atoms with van der Waals surface area (Å²) in [6.07, 6.45) is 2.88. The molecular weight excluding hydrogens is 284 g/mol. The minimum atomic E-state index is -0.958. The van der Waals surface area contributed by atoms with Crippen LogP contribution in [0.3, 0.4) is 0 Å². The number of ether oxygens (including phenoxy) is 1. The molecular formula is C15H18N4O3. The van der Waals surface area contributed by atoms with Gasteiger partial charge in [0, 0.05) is 24.0 Å². The molecule has 7 nitrogen and oxygen atoms in total.